The summed E-state index contributed by atoms with van der Waals surface area (Å²) in [5, 5.41) is 3.46. The molecule has 1 aromatic heterocycles. The van der Waals surface area contributed by atoms with Crippen LogP contribution in [0.1, 0.15) is 31.9 Å². The number of nitrogens with zero attached hydrogens (tertiary/aromatic N) is 1. The molecule has 0 amide bonds. The van der Waals surface area contributed by atoms with E-state index in [4.69, 9.17) is 4.74 Å². The van der Waals surface area contributed by atoms with Gasteiger partial charge in [0.1, 0.15) is 6.61 Å². The highest BCUT2D eigenvalue weighted by Gasteiger charge is 2.11. The number of pyridine rings is 1. The number of nitrogens with one attached hydrogen (secondary N) is 1. The first-order valence-electron chi connectivity index (χ1n) is 7.00. The molecule has 4 heteroatoms. The summed E-state index contributed by atoms with van der Waals surface area (Å²) in [6.45, 7) is 7.70. The fraction of sp³-hybridized carbons (Fsp3) is 0.353. The Kier molecular flexibility index (Phi) is 5.37. The number of benzene rings is 1. The Morgan fingerprint density at radius 3 is 2.52 bits per heavy atom. The maximum absolute atomic E-state index is 5.86. The van der Waals surface area contributed by atoms with Crippen molar-refractivity contribution in [2.24, 2.45) is 0 Å². The minimum atomic E-state index is 0.0683. The minimum absolute atomic E-state index is 0.0683. The van der Waals surface area contributed by atoms with Crippen molar-refractivity contribution in [1.29, 1.82) is 0 Å². The van der Waals surface area contributed by atoms with Gasteiger partial charge in [-0.1, -0.05) is 34.1 Å². The summed E-state index contributed by atoms with van der Waals surface area (Å²) in [6.07, 6.45) is 1.76. The zero-order chi connectivity index (χ0) is 15.3. The molecule has 2 rings (SSSR count). The topological polar surface area (TPSA) is 34.2 Å². The van der Waals surface area contributed by atoms with E-state index in [2.05, 4.69) is 47.0 Å². The molecule has 0 saturated carbocycles. The summed E-state index contributed by atoms with van der Waals surface area (Å²) in [5.41, 5.74) is 2.27. The lowest BCUT2D eigenvalue weighted by Gasteiger charge is -2.21. The lowest BCUT2D eigenvalue weighted by atomic mass is 10.1. The van der Waals surface area contributed by atoms with Crippen LogP contribution in [0.3, 0.4) is 0 Å². The molecule has 0 aliphatic heterocycles. The fourth-order valence-corrected chi connectivity index (χ4v) is 2.05. The van der Waals surface area contributed by atoms with Crippen LogP contribution in [0.15, 0.2) is 47.1 Å². The Morgan fingerprint density at radius 1 is 1.14 bits per heavy atom. The molecular weight excluding hydrogens is 328 g/mol. The van der Waals surface area contributed by atoms with E-state index >= 15 is 0 Å². The van der Waals surface area contributed by atoms with Gasteiger partial charge in [-0.2, -0.15) is 0 Å². The third kappa shape index (κ3) is 5.48. The first kappa shape index (κ1) is 16.0. The Morgan fingerprint density at radius 2 is 1.86 bits per heavy atom. The largest absolute Gasteiger partial charge is 0.473 e. The molecule has 112 valence electrons. The summed E-state index contributed by atoms with van der Waals surface area (Å²) in [7, 11) is 0. The molecule has 0 spiro atoms. The summed E-state index contributed by atoms with van der Waals surface area (Å²) in [5.74, 6) is 0.692. The molecule has 0 saturated heterocycles. The van der Waals surface area contributed by atoms with Crippen LogP contribution < -0.4 is 10.1 Å². The van der Waals surface area contributed by atoms with Gasteiger partial charge in [0.05, 0.1) is 0 Å². The SMILES string of the molecule is CC(C)(C)NCc1cccnc1OCc1ccc(Br)cc1. The van der Waals surface area contributed by atoms with Crippen LogP contribution in [0.4, 0.5) is 0 Å². The number of halogens is 1. The third-order valence-electron chi connectivity index (χ3n) is 2.95. The normalized spacial score (nSPS) is 11.4. The van der Waals surface area contributed by atoms with Gasteiger partial charge in [-0.3, -0.25) is 0 Å². The minimum Gasteiger partial charge on any atom is -0.473 e. The van der Waals surface area contributed by atoms with Crippen molar-refractivity contribution in [1.82, 2.24) is 10.3 Å². The van der Waals surface area contributed by atoms with Crippen LogP contribution in [0.2, 0.25) is 0 Å². The van der Waals surface area contributed by atoms with Crippen LogP contribution in [0, 0.1) is 0 Å². The summed E-state index contributed by atoms with van der Waals surface area (Å²) >= 11 is 3.43. The zero-order valence-electron chi connectivity index (χ0n) is 12.7. The van der Waals surface area contributed by atoms with E-state index in [9.17, 15) is 0 Å². The summed E-state index contributed by atoms with van der Waals surface area (Å²) in [6, 6.07) is 12.1. The van der Waals surface area contributed by atoms with Gasteiger partial charge in [0, 0.05) is 28.3 Å². The predicted octanol–water partition coefficient (Wildman–Crippen LogP) is 4.31. The van der Waals surface area contributed by atoms with Gasteiger partial charge < -0.3 is 10.1 Å². The lowest BCUT2D eigenvalue weighted by molar-refractivity contribution is 0.287. The summed E-state index contributed by atoms with van der Waals surface area (Å²) in [4.78, 5) is 4.34. The van der Waals surface area contributed by atoms with Gasteiger partial charge in [-0.15, -0.1) is 0 Å². The monoisotopic (exact) mass is 348 g/mol. The Hall–Kier alpha value is -1.39. The quantitative estimate of drug-likeness (QED) is 0.873. The summed E-state index contributed by atoms with van der Waals surface area (Å²) < 4.78 is 6.93. The van der Waals surface area contributed by atoms with E-state index in [1.54, 1.807) is 6.20 Å². The van der Waals surface area contributed by atoms with Crippen molar-refractivity contribution in [3.05, 3.63) is 58.2 Å². The molecule has 0 atom stereocenters. The molecule has 0 bridgehead atoms. The maximum atomic E-state index is 5.86. The highest BCUT2D eigenvalue weighted by atomic mass is 79.9. The molecule has 1 aromatic carbocycles. The van der Waals surface area contributed by atoms with Crippen molar-refractivity contribution < 1.29 is 4.74 Å². The number of hydrogen-bond donors (Lipinski definition) is 1. The zero-order valence-corrected chi connectivity index (χ0v) is 14.3. The van der Waals surface area contributed by atoms with Gasteiger partial charge in [0.2, 0.25) is 5.88 Å². The van der Waals surface area contributed by atoms with Crippen molar-refractivity contribution in [2.45, 2.75) is 39.5 Å². The Balaban J connectivity index is 2.01. The van der Waals surface area contributed by atoms with E-state index in [-0.39, 0.29) is 5.54 Å². The average Bonchev–Trinajstić information content (AvgIpc) is 2.44. The van der Waals surface area contributed by atoms with Gasteiger partial charge in [0.15, 0.2) is 0 Å². The van der Waals surface area contributed by atoms with E-state index in [0.717, 1.165) is 22.1 Å². The van der Waals surface area contributed by atoms with Gasteiger partial charge in [-0.25, -0.2) is 4.98 Å². The van der Waals surface area contributed by atoms with Crippen molar-refractivity contribution >= 4 is 15.9 Å². The third-order valence-corrected chi connectivity index (χ3v) is 3.48. The second-order valence-corrected chi connectivity index (χ2v) is 6.90. The molecule has 0 unspecified atom stereocenters. The Labute approximate surface area is 134 Å². The molecule has 0 radical (unpaired) electrons. The molecule has 1 heterocycles. The van der Waals surface area contributed by atoms with Gasteiger partial charge in [-0.05, 0) is 44.5 Å². The predicted molar refractivity (Wildman–Crippen MR) is 89.3 cm³/mol. The number of aromatic nitrogens is 1. The first-order valence-corrected chi connectivity index (χ1v) is 7.79. The van der Waals surface area contributed by atoms with E-state index in [0.29, 0.717) is 12.5 Å². The first-order chi connectivity index (χ1) is 9.94. The average molecular weight is 349 g/mol. The van der Waals surface area contributed by atoms with Crippen molar-refractivity contribution in [3.63, 3.8) is 0 Å². The van der Waals surface area contributed by atoms with Crippen LogP contribution in [0.25, 0.3) is 0 Å². The molecule has 1 N–H and O–H groups in total. The van der Waals surface area contributed by atoms with Crippen molar-refractivity contribution in [3.8, 4) is 5.88 Å². The molecule has 2 aromatic rings. The maximum Gasteiger partial charge on any atom is 0.218 e. The molecular formula is C17H21BrN2O. The van der Waals surface area contributed by atoms with Gasteiger partial charge >= 0.3 is 0 Å². The number of hydrogen-bond acceptors (Lipinski definition) is 3. The standard InChI is InChI=1S/C17H21BrN2O/c1-17(2,3)20-11-14-5-4-10-19-16(14)21-12-13-6-8-15(18)9-7-13/h4-10,20H,11-12H2,1-3H3. The van der Waals surface area contributed by atoms with Gasteiger partial charge in [0.25, 0.3) is 0 Å². The molecule has 21 heavy (non-hydrogen) atoms. The fourth-order valence-electron chi connectivity index (χ4n) is 1.78. The van der Waals surface area contributed by atoms with E-state index in [1.807, 2.05) is 36.4 Å². The van der Waals surface area contributed by atoms with Crippen LogP contribution in [0.5, 0.6) is 5.88 Å². The van der Waals surface area contributed by atoms with Crippen LogP contribution >= 0.6 is 15.9 Å². The lowest BCUT2D eigenvalue weighted by Crippen LogP contribution is -2.35. The number of rotatable bonds is 5. The second kappa shape index (κ2) is 7.05. The smallest absolute Gasteiger partial charge is 0.218 e. The van der Waals surface area contributed by atoms with Crippen LogP contribution in [-0.4, -0.2) is 10.5 Å². The molecule has 3 nitrogen and oxygen atoms in total. The molecule has 0 aliphatic rings. The Bertz CT molecular complexity index is 576. The van der Waals surface area contributed by atoms with E-state index < -0.39 is 0 Å². The highest BCUT2D eigenvalue weighted by molar-refractivity contribution is 9.10. The van der Waals surface area contributed by atoms with E-state index in [1.165, 1.54) is 0 Å². The van der Waals surface area contributed by atoms with Crippen LogP contribution in [-0.2, 0) is 13.2 Å². The molecule has 0 aliphatic carbocycles. The second-order valence-electron chi connectivity index (χ2n) is 5.99. The number of ether oxygens (including phenoxy) is 1. The van der Waals surface area contributed by atoms with Crippen molar-refractivity contribution in [2.75, 3.05) is 0 Å². The molecule has 0 fully saturated rings. The highest BCUT2D eigenvalue weighted by Crippen LogP contribution is 2.18.